The Labute approximate surface area is 131 Å². The van der Waals surface area contributed by atoms with Crippen LogP contribution in [0.3, 0.4) is 0 Å². The second-order valence-electron chi connectivity index (χ2n) is 8.07. The monoisotopic (exact) mass is 288 g/mol. The van der Waals surface area contributed by atoms with Crippen molar-refractivity contribution in [3.63, 3.8) is 0 Å². The Morgan fingerprint density at radius 1 is 0.905 bits per heavy atom. The molecule has 0 unspecified atom stereocenters. The van der Waals surface area contributed by atoms with Crippen LogP contribution >= 0.6 is 0 Å². The van der Waals surface area contributed by atoms with Gasteiger partial charge in [-0.25, -0.2) is 0 Å². The minimum Gasteiger partial charge on any atom is -0.507 e. The summed E-state index contributed by atoms with van der Waals surface area (Å²) in [6, 6.07) is 4.37. The van der Waals surface area contributed by atoms with Crippen LogP contribution in [0.15, 0.2) is 12.1 Å². The summed E-state index contributed by atoms with van der Waals surface area (Å²) >= 11 is 0. The number of benzene rings is 1. The molecule has 1 heteroatoms. The molecule has 0 aliphatic heterocycles. The van der Waals surface area contributed by atoms with Crippen LogP contribution in [-0.4, -0.2) is 5.11 Å². The van der Waals surface area contributed by atoms with E-state index in [0.29, 0.717) is 11.7 Å². The fraction of sp³-hybridized carbons (Fsp3) is 0.600. The van der Waals surface area contributed by atoms with Gasteiger partial charge in [0.15, 0.2) is 0 Å². The summed E-state index contributed by atoms with van der Waals surface area (Å²) in [5.74, 6) is 0.950. The molecule has 1 rings (SSSR count). The molecule has 0 atom stereocenters. The zero-order valence-corrected chi connectivity index (χ0v) is 15.0. The van der Waals surface area contributed by atoms with E-state index in [2.05, 4.69) is 80.4 Å². The van der Waals surface area contributed by atoms with Gasteiger partial charge in [0.05, 0.1) is 0 Å². The smallest absolute Gasteiger partial charge is 0.123 e. The molecule has 1 aromatic rings. The number of phenols is 1. The van der Waals surface area contributed by atoms with E-state index < -0.39 is 0 Å². The Bertz CT molecular complexity index is 433. The van der Waals surface area contributed by atoms with Gasteiger partial charge in [-0.2, -0.15) is 0 Å². The van der Waals surface area contributed by atoms with Crippen LogP contribution in [-0.2, 0) is 17.3 Å². The number of aromatic hydroxyl groups is 1. The first-order chi connectivity index (χ1) is 9.50. The molecule has 118 valence electrons. The Kier molecular flexibility index (Phi) is 5.52. The SMILES string of the molecule is C[CH]C([CH]C)Cc1cc(C(C)(C)C)c(O)c(C(C)(C)C)c1. The zero-order valence-electron chi connectivity index (χ0n) is 15.0. The van der Waals surface area contributed by atoms with Crippen molar-refractivity contribution in [3.8, 4) is 5.75 Å². The molecule has 0 fully saturated rings. The summed E-state index contributed by atoms with van der Waals surface area (Å²) in [5.41, 5.74) is 3.30. The van der Waals surface area contributed by atoms with Gasteiger partial charge in [0.25, 0.3) is 0 Å². The average Bonchev–Trinajstić information content (AvgIpc) is 2.34. The molecule has 0 saturated carbocycles. The highest BCUT2D eigenvalue weighted by molar-refractivity contribution is 5.50. The van der Waals surface area contributed by atoms with Crippen LogP contribution in [0.25, 0.3) is 0 Å². The van der Waals surface area contributed by atoms with E-state index >= 15 is 0 Å². The summed E-state index contributed by atoms with van der Waals surface area (Å²) in [5, 5.41) is 10.7. The molecule has 0 aromatic heterocycles. The van der Waals surface area contributed by atoms with E-state index in [1.54, 1.807) is 0 Å². The van der Waals surface area contributed by atoms with E-state index in [0.717, 1.165) is 17.5 Å². The van der Waals surface area contributed by atoms with Crippen molar-refractivity contribution in [2.45, 2.75) is 72.6 Å². The van der Waals surface area contributed by atoms with Gasteiger partial charge in [0.1, 0.15) is 5.75 Å². The summed E-state index contributed by atoms with van der Waals surface area (Å²) in [6.45, 7) is 17.2. The van der Waals surface area contributed by atoms with Gasteiger partial charge in [-0.15, -0.1) is 0 Å². The lowest BCUT2D eigenvalue weighted by Gasteiger charge is -2.28. The summed E-state index contributed by atoms with van der Waals surface area (Å²) < 4.78 is 0. The highest BCUT2D eigenvalue weighted by Crippen LogP contribution is 2.40. The molecular weight excluding hydrogens is 256 g/mol. The molecule has 1 N–H and O–H groups in total. The van der Waals surface area contributed by atoms with Gasteiger partial charge >= 0.3 is 0 Å². The first-order valence-electron chi connectivity index (χ1n) is 7.96. The quantitative estimate of drug-likeness (QED) is 0.765. The third-order valence-corrected chi connectivity index (χ3v) is 4.11. The van der Waals surface area contributed by atoms with Crippen LogP contribution in [0, 0.1) is 18.8 Å². The van der Waals surface area contributed by atoms with E-state index in [9.17, 15) is 5.11 Å². The largest absolute Gasteiger partial charge is 0.507 e. The lowest BCUT2D eigenvalue weighted by molar-refractivity contribution is 0.422. The highest BCUT2D eigenvalue weighted by Gasteiger charge is 2.26. The van der Waals surface area contributed by atoms with Crippen LogP contribution in [0.1, 0.15) is 72.1 Å². The van der Waals surface area contributed by atoms with Gasteiger partial charge in [-0.3, -0.25) is 0 Å². The third kappa shape index (κ3) is 4.49. The molecule has 0 aliphatic rings. The fourth-order valence-electron chi connectivity index (χ4n) is 2.66. The minimum atomic E-state index is -0.0541. The van der Waals surface area contributed by atoms with Crippen molar-refractivity contribution in [1.82, 2.24) is 0 Å². The second kappa shape index (κ2) is 6.42. The molecule has 1 aromatic carbocycles. The number of phenolic OH excluding ortho intramolecular Hbond substituents is 1. The minimum absolute atomic E-state index is 0.0541. The Hall–Kier alpha value is -0.980. The average molecular weight is 288 g/mol. The van der Waals surface area contributed by atoms with E-state index in [1.807, 2.05) is 0 Å². The summed E-state index contributed by atoms with van der Waals surface area (Å²) in [6.07, 6.45) is 5.47. The predicted octanol–water partition coefficient (Wildman–Crippen LogP) is 5.59. The topological polar surface area (TPSA) is 20.2 Å². The molecule has 1 nitrogen and oxygen atoms in total. The van der Waals surface area contributed by atoms with Crippen LogP contribution in [0.4, 0.5) is 0 Å². The van der Waals surface area contributed by atoms with Crippen molar-refractivity contribution in [2.75, 3.05) is 0 Å². The Balaban J connectivity index is 3.40. The maximum Gasteiger partial charge on any atom is 0.123 e. The van der Waals surface area contributed by atoms with Crippen molar-refractivity contribution in [3.05, 3.63) is 41.7 Å². The summed E-state index contributed by atoms with van der Waals surface area (Å²) in [4.78, 5) is 0. The number of hydrogen-bond donors (Lipinski definition) is 1. The van der Waals surface area contributed by atoms with Crippen molar-refractivity contribution >= 4 is 0 Å². The first kappa shape index (κ1) is 18.1. The van der Waals surface area contributed by atoms with Gasteiger partial charge in [0, 0.05) is 0 Å². The van der Waals surface area contributed by atoms with E-state index in [-0.39, 0.29) is 10.8 Å². The van der Waals surface area contributed by atoms with E-state index in [1.165, 1.54) is 5.56 Å². The lowest BCUT2D eigenvalue weighted by Crippen LogP contribution is -2.18. The van der Waals surface area contributed by atoms with Gasteiger partial charge in [-0.05, 0) is 52.7 Å². The maximum atomic E-state index is 10.7. The normalized spacial score (nSPS) is 13.0. The number of hydrogen-bond acceptors (Lipinski definition) is 1. The van der Waals surface area contributed by atoms with Gasteiger partial charge in [-0.1, -0.05) is 67.5 Å². The Morgan fingerprint density at radius 2 is 1.29 bits per heavy atom. The predicted molar refractivity (Wildman–Crippen MR) is 92.6 cm³/mol. The molecule has 0 heterocycles. The second-order valence-corrected chi connectivity index (χ2v) is 8.07. The van der Waals surface area contributed by atoms with E-state index in [4.69, 9.17) is 0 Å². The van der Waals surface area contributed by atoms with Crippen molar-refractivity contribution < 1.29 is 5.11 Å². The van der Waals surface area contributed by atoms with Crippen LogP contribution in [0.5, 0.6) is 5.75 Å². The fourth-order valence-corrected chi connectivity index (χ4v) is 2.66. The van der Waals surface area contributed by atoms with Gasteiger partial charge in [0.2, 0.25) is 0 Å². The maximum absolute atomic E-state index is 10.7. The standard InChI is InChI=1S/C20H32O/c1-9-14(10-2)11-15-12-16(19(3,4)5)18(21)17(13-15)20(6,7)8/h9-10,12-14,21H,11H2,1-8H3. The van der Waals surface area contributed by atoms with Crippen LogP contribution < -0.4 is 0 Å². The lowest BCUT2D eigenvalue weighted by atomic mass is 9.77. The zero-order chi connectivity index (χ0) is 16.4. The molecule has 0 saturated heterocycles. The molecule has 0 aliphatic carbocycles. The van der Waals surface area contributed by atoms with Gasteiger partial charge < -0.3 is 5.11 Å². The van der Waals surface area contributed by atoms with Crippen molar-refractivity contribution in [2.24, 2.45) is 5.92 Å². The van der Waals surface area contributed by atoms with Crippen molar-refractivity contribution in [1.29, 1.82) is 0 Å². The first-order valence-corrected chi connectivity index (χ1v) is 7.96. The molecular formula is C20H32O. The molecule has 2 radical (unpaired) electrons. The molecule has 0 amide bonds. The molecule has 0 bridgehead atoms. The molecule has 0 spiro atoms. The Morgan fingerprint density at radius 3 is 1.57 bits per heavy atom. The van der Waals surface area contributed by atoms with Crippen LogP contribution in [0.2, 0.25) is 0 Å². The number of rotatable bonds is 4. The summed E-state index contributed by atoms with van der Waals surface area (Å²) in [7, 11) is 0. The highest BCUT2D eigenvalue weighted by atomic mass is 16.3. The molecule has 21 heavy (non-hydrogen) atoms. The third-order valence-electron chi connectivity index (χ3n) is 4.11.